The Morgan fingerprint density at radius 1 is 1.02 bits per heavy atom. The first kappa shape index (κ1) is 27.1. The van der Waals surface area contributed by atoms with Crippen molar-refractivity contribution >= 4 is 34.2 Å². The highest BCUT2D eigenvalue weighted by atomic mass is 16.2. The average Bonchev–Trinajstić information content (AvgIpc) is 3.33. The summed E-state index contributed by atoms with van der Waals surface area (Å²) in [6.45, 7) is 13.5. The number of carbonyl (C=O) groups is 2. The van der Waals surface area contributed by atoms with Gasteiger partial charge in [0.1, 0.15) is 5.65 Å². The zero-order valence-corrected chi connectivity index (χ0v) is 23.5. The van der Waals surface area contributed by atoms with Gasteiger partial charge in [-0.1, -0.05) is 30.8 Å². The maximum atomic E-state index is 12.9. The molecule has 2 aromatic heterocycles. The molecular formula is C32H36N6O2. The molecule has 1 fully saturated rings. The van der Waals surface area contributed by atoms with E-state index in [0.29, 0.717) is 16.9 Å². The predicted octanol–water partition coefficient (Wildman–Crippen LogP) is 5.22. The van der Waals surface area contributed by atoms with Crippen molar-refractivity contribution in [3.63, 3.8) is 0 Å². The molecule has 4 aromatic rings. The number of aryl methyl sites for hydroxylation is 1. The highest BCUT2D eigenvalue weighted by Crippen LogP contribution is 2.40. The topological polar surface area (TPSA) is 93.4 Å². The Kier molecular flexibility index (Phi) is 7.71. The molecule has 40 heavy (non-hydrogen) atoms. The van der Waals surface area contributed by atoms with Gasteiger partial charge in [0.15, 0.2) is 0 Å². The van der Waals surface area contributed by atoms with Gasteiger partial charge in [-0.25, -0.2) is 4.98 Å². The van der Waals surface area contributed by atoms with Crippen LogP contribution in [0.1, 0.15) is 29.8 Å². The molecule has 2 aromatic carbocycles. The Hall–Kier alpha value is -4.43. The average molecular weight is 537 g/mol. The minimum Gasteiger partial charge on any atom is -0.369 e. The van der Waals surface area contributed by atoms with E-state index in [-0.39, 0.29) is 17.9 Å². The maximum absolute atomic E-state index is 12.9. The lowest BCUT2D eigenvalue weighted by molar-refractivity contribution is -0.111. The van der Waals surface area contributed by atoms with Crippen LogP contribution in [-0.2, 0) is 4.79 Å². The minimum atomic E-state index is -0.270. The number of nitrogens with one attached hydrogen (secondary N) is 3. The van der Waals surface area contributed by atoms with E-state index in [1.165, 1.54) is 11.8 Å². The Morgan fingerprint density at radius 2 is 1.73 bits per heavy atom. The zero-order valence-electron chi connectivity index (χ0n) is 23.5. The fourth-order valence-electron chi connectivity index (χ4n) is 5.06. The zero-order chi connectivity index (χ0) is 28.4. The Balaban J connectivity index is 1.62. The molecule has 1 aliphatic heterocycles. The molecule has 0 spiro atoms. The number of nitrogens with zero attached hydrogens (tertiary/aromatic N) is 3. The van der Waals surface area contributed by atoms with Gasteiger partial charge in [-0.05, 0) is 74.9 Å². The summed E-state index contributed by atoms with van der Waals surface area (Å²) in [6, 6.07) is 16.5. The molecule has 0 aliphatic carbocycles. The van der Waals surface area contributed by atoms with E-state index in [2.05, 4.69) is 68.3 Å². The molecule has 0 radical (unpaired) electrons. The SMILES string of the molecule is C=CC(=O)Nc1cc(-c2c(-c3ccc(N4CCN(C)CC4)cc3)[nH]c3ncc(C(=O)NC(C)C)cc23)ccc1C. The lowest BCUT2D eigenvalue weighted by atomic mass is 9.96. The summed E-state index contributed by atoms with van der Waals surface area (Å²) in [6.07, 6.45) is 2.86. The number of amides is 2. The number of aromatic amines is 1. The third-order valence-electron chi connectivity index (χ3n) is 7.33. The van der Waals surface area contributed by atoms with Gasteiger partial charge >= 0.3 is 0 Å². The number of piperazine rings is 1. The third kappa shape index (κ3) is 5.62. The van der Waals surface area contributed by atoms with Gasteiger partial charge in [0.2, 0.25) is 5.91 Å². The number of carbonyl (C=O) groups excluding carboxylic acids is 2. The first-order chi connectivity index (χ1) is 19.2. The van der Waals surface area contributed by atoms with Crippen LogP contribution in [0.3, 0.4) is 0 Å². The first-order valence-corrected chi connectivity index (χ1v) is 13.6. The van der Waals surface area contributed by atoms with E-state index in [1.54, 1.807) is 6.20 Å². The van der Waals surface area contributed by atoms with Crippen LogP contribution in [0.25, 0.3) is 33.4 Å². The van der Waals surface area contributed by atoms with Crippen molar-refractivity contribution < 1.29 is 9.59 Å². The first-order valence-electron chi connectivity index (χ1n) is 13.6. The van der Waals surface area contributed by atoms with Gasteiger partial charge in [-0.3, -0.25) is 9.59 Å². The normalized spacial score (nSPS) is 14.0. The number of pyridine rings is 1. The van der Waals surface area contributed by atoms with Crippen molar-refractivity contribution in [1.82, 2.24) is 20.2 Å². The fraction of sp³-hybridized carbons (Fsp3) is 0.281. The molecule has 206 valence electrons. The molecule has 0 saturated carbocycles. The number of aromatic nitrogens is 2. The van der Waals surface area contributed by atoms with Crippen LogP contribution in [0.15, 0.2) is 67.4 Å². The van der Waals surface area contributed by atoms with Crippen LogP contribution in [0, 0.1) is 6.92 Å². The molecule has 3 heterocycles. The molecule has 0 unspecified atom stereocenters. The number of benzene rings is 2. The summed E-state index contributed by atoms with van der Waals surface area (Å²) >= 11 is 0. The lowest BCUT2D eigenvalue weighted by Gasteiger charge is -2.34. The molecule has 5 rings (SSSR count). The number of anilines is 2. The molecular weight excluding hydrogens is 500 g/mol. The maximum Gasteiger partial charge on any atom is 0.253 e. The largest absolute Gasteiger partial charge is 0.369 e. The standard InChI is InChI=1S/C32H36N6O2/c1-6-28(39)35-27-18-23(8-7-21(27)4)29-26-17-24(32(40)34-20(2)3)19-33-31(26)36-30(29)22-9-11-25(12-10-22)38-15-13-37(5)14-16-38/h6-12,17-20H,1,13-16H2,2-5H3,(H,33,36)(H,34,40)(H,35,39). The molecule has 8 nitrogen and oxygen atoms in total. The Morgan fingerprint density at radius 3 is 2.40 bits per heavy atom. The number of hydrogen-bond acceptors (Lipinski definition) is 5. The number of fused-ring (bicyclic) bond motifs is 1. The van der Waals surface area contributed by atoms with Crippen molar-refractivity contribution in [2.75, 3.05) is 43.4 Å². The van der Waals surface area contributed by atoms with Crippen molar-refractivity contribution in [3.8, 4) is 22.4 Å². The highest BCUT2D eigenvalue weighted by molar-refractivity contribution is 6.07. The smallest absolute Gasteiger partial charge is 0.253 e. The molecule has 8 heteroatoms. The van der Waals surface area contributed by atoms with Crippen LogP contribution in [0.2, 0.25) is 0 Å². The summed E-state index contributed by atoms with van der Waals surface area (Å²) in [7, 11) is 2.16. The van der Waals surface area contributed by atoms with E-state index in [1.807, 2.05) is 45.0 Å². The summed E-state index contributed by atoms with van der Waals surface area (Å²) in [4.78, 5) is 37.9. The van der Waals surface area contributed by atoms with Crippen LogP contribution < -0.4 is 15.5 Å². The lowest BCUT2D eigenvalue weighted by Crippen LogP contribution is -2.44. The monoisotopic (exact) mass is 536 g/mol. The fourth-order valence-corrected chi connectivity index (χ4v) is 5.06. The molecule has 1 saturated heterocycles. The van der Waals surface area contributed by atoms with Crippen molar-refractivity contribution in [3.05, 3.63) is 78.5 Å². The van der Waals surface area contributed by atoms with E-state index in [9.17, 15) is 9.59 Å². The van der Waals surface area contributed by atoms with Crippen LogP contribution in [0.4, 0.5) is 11.4 Å². The number of hydrogen-bond donors (Lipinski definition) is 3. The van der Waals surface area contributed by atoms with Crippen LogP contribution in [0.5, 0.6) is 0 Å². The highest BCUT2D eigenvalue weighted by Gasteiger charge is 2.20. The van der Waals surface area contributed by atoms with Crippen molar-refractivity contribution in [2.24, 2.45) is 0 Å². The van der Waals surface area contributed by atoms with Crippen molar-refractivity contribution in [2.45, 2.75) is 26.8 Å². The second-order valence-electron chi connectivity index (χ2n) is 10.7. The molecule has 0 bridgehead atoms. The van der Waals surface area contributed by atoms with Crippen LogP contribution >= 0.6 is 0 Å². The van der Waals surface area contributed by atoms with Gasteiger partial charge in [-0.2, -0.15) is 0 Å². The van der Waals surface area contributed by atoms with Crippen LogP contribution in [-0.4, -0.2) is 66.0 Å². The second kappa shape index (κ2) is 11.4. The summed E-state index contributed by atoms with van der Waals surface area (Å²) in [5, 5.41) is 6.70. The Labute approximate surface area is 235 Å². The second-order valence-corrected chi connectivity index (χ2v) is 10.7. The minimum absolute atomic E-state index is 0.0106. The summed E-state index contributed by atoms with van der Waals surface area (Å²) < 4.78 is 0. The van der Waals surface area contributed by atoms with E-state index in [0.717, 1.165) is 59.5 Å². The predicted molar refractivity (Wildman–Crippen MR) is 163 cm³/mol. The third-order valence-corrected chi connectivity index (χ3v) is 7.33. The van der Waals surface area contributed by atoms with Gasteiger partial charge in [0, 0.05) is 60.7 Å². The molecule has 0 atom stereocenters. The van der Waals surface area contributed by atoms with E-state index < -0.39 is 0 Å². The number of likely N-dealkylation sites (N-methyl/N-ethyl adjacent to an activating group) is 1. The number of H-pyrrole nitrogens is 1. The molecule has 2 amide bonds. The van der Waals surface area contributed by atoms with Gasteiger partial charge < -0.3 is 25.4 Å². The molecule has 3 N–H and O–H groups in total. The van der Waals surface area contributed by atoms with Gasteiger partial charge in [0.05, 0.1) is 11.3 Å². The quantitative estimate of drug-likeness (QED) is 0.282. The van der Waals surface area contributed by atoms with E-state index >= 15 is 0 Å². The number of rotatable bonds is 7. The Bertz CT molecular complexity index is 1560. The van der Waals surface area contributed by atoms with Gasteiger partial charge in [-0.15, -0.1) is 0 Å². The summed E-state index contributed by atoms with van der Waals surface area (Å²) in [5.74, 6) is -0.439. The van der Waals surface area contributed by atoms with Crippen molar-refractivity contribution in [1.29, 1.82) is 0 Å². The van der Waals surface area contributed by atoms with E-state index in [4.69, 9.17) is 0 Å². The van der Waals surface area contributed by atoms with Gasteiger partial charge in [0.25, 0.3) is 5.91 Å². The molecule has 1 aliphatic rings. The summed E-state index contributed by atoms with van der Waals surface area (Å²) in [5.41, 5.74) is 7.75.